The summed E-state index contributed by atoms with van der Waals surface area (Å²) < 4.78 is 32.1. The normalized spacial score (nSPS) is 16.4. The summed E-state index contributed by atoms with van der Waals surface area (Å²) in [6, 6.07) is 0.102. The Kier molecular flexibility index (Phi) is 4.28. The van der Waals surface area contributed by atoms with Crippen LogP contribution in [-0.2, 0) is 14.8 Å². The Hall–Kier alpha value is -0.210. The molecule has 1 saturated carbocycles. The minimum atomic E-state index is -3.49. The molecule has 0 spiro atoms. The van der Waals surface area contributed by atoms with Crippen molar-refractivity contribution in [2.45, 2.75) is 30.0 Å². The summed E-state index contributed by atoms with van der Waals surface area (Å²) in [5, 5.41) is 0. The highest BCUT2D eigenvalue weighted by Crippen LogP contribution is 2.35. The highest BCUT2D eigenvalue weighted by molar-refractivity contribution is 7.91. The van der Waals surface area contributed by atoms with Crippen LogP contribution >= 0.6 is 22.9 Å². The molecule has 0 radical (unpaired) electrons. The van der Waals surface area contributed by atoms with E-state index >= 15 is 0 Å². The van der Waals surface area contributed by atoms with E-state index < -0.39 is 10.0 Å². The fourth-order valence-corrected chi connectivity index (χ4v) is 5.26. The minimum absolute atomic E-state index is 0.102. The molecule has 102 valence electrons. The second-order valence-corrected chi connectivity index (χ2v) is 7.85. The number of aryl methyl sites for hydroxylation is 1. The van der Waals surface area contributed by atoms with Crippen molar-refractivity contribution in [3.8, 4) is 0 Å². The number of aromatic nitrogens is 1. The van der Waals surface area contributed by atoms with E-state index in [2.05, 4.69) is 4.98 Å². The van der Waals surface area contributed by atoms with Gasteiger partial charge in [0, 0.05) is 19.7 Å². The second kappa shape index (κ2) is 5.42. The number of thiazole rings is 1. The van der Waals surface area contributed by atoms with Crippen molar-refractivity contribution in [1.29, 1.82) is 0 Å². The van der Waals surface area contributed by atoms with Crippen LogP contribution in [0.3, 0.4) is 0 Å². The van der Waals surface area contributed by atoms with Crippen molar-refractivity contribution in [2.24, 2.45) is 0 Å². The highest BCUT2D eigenvalue weighted by atomic mass is 35.5. The van der Waals surface area contributed by atoms with Crippen molar-refractivity contribution in [2.75, 3.05) is 20.3 Å². The van der Waals surface area contributed by atoms with Gasteiger partial charge in [-0.2, -0.15) is 4.31 Å². The smallest absolute Gasteiger partial charge is 0.254 e. The summed E-state index contributed by atoms with van der Waals surface area (Å²) in [6.07, 6.45) is 1.82. The summed E-state index contributed by atoms with van der Waals surface area (Å²) in [5.74, 6) is 0. The number of sulfonamides is 1. The third kappa shape index (κ3) is 2.85. The number of nitrogens with zero attached hydrogens (tertiary/aromatic N) is 2. The van der Waals surface area contributed by atoms with Gasteiger partial charge in [-0.15, -0.1) is 0 Å². The summed E-state index contributed by atoms with van der Waals surface area (Å²) >= 11 is 6.79. The number of methoxy groups -OCH3 is 1. The van der Waals surface area contributed by atoms with E-state index in [1.807, 2.05) is 0 Å². The van der Waals surface area contributed by atoms with E-state index in [1.54, 1.807) is 14.0 Å². The van der Waals surface area contributed by atoms with Gasteiger partial charge >= 0.3 is 0 Å². The third-order valence-corrected chi connectivity index (χ3v) is 6.54. The first-order valence-electron chi connectivity index (χ1n) is 5.60. The Morgan fingerprint density at radius 1 is 1.56 bits per heavy atom. The molecule has 0 atom stereocenters. The fourth-order valence-electron chi connectivity index (χ4n) is 1.74. The zero-order chi connectivity index (χ0) is 13.3. The van der Waals surface area contributed by atoms with Gasteiger partial charge in [0.1, 0.15) is 0 Å². The first-order valence-corrected chi connectivity index (χ1v) is 8.24. The lowest BCUT2D eigenvalue weighted by Crippen LogP contribution is -2.35. The molecule has 1 aliphatic carbocycles. The summed E-state index contributed by atoms with van der Waals surface area (Å²) in [6.45, 7) is 2.43. The predicted molar refractivity (Wildman–Crippen MR) is 70.7 cm³/mol. The first kappa shape index (κ1) is 14.2. The van der Waals surface area contributed by atoms with Gasteiger partial charge in [0.2, 0.25) is 0 Å². The third-order valence-electron chi connectivity index (χ3n) is 2.74. The maximum absolute atomic E-state index is 12.5. The Labute approximate surface area is 116 Å². The molecule has 0 aliphatic heterocycles. The quantitative estimate of drug-likeness (QED) is 0.805. The summed E-state index contributed by atoms with van der Waals surface area (Å²) in [7, 11) is -1.93. The lowest BCUT2D eigenvalue weighted by molar-refractivity contribution is 0.177. The lowest BCUT2D eigenvalue weighted by atomic mass is 10.6. The Bertz CT molecular complexity index is 525. The zero-order valence-corrected chi connectivity index (χ0v) is 12.6. The lowest BCUT2D eigenvalue weighted by Gasteiger charge is -2.20. The summed E-state index contributed by atoms with van der Waals surface area (Å²) in [4.78, 5) is 3.97. The van der Waals surface area contributed by atoms with Crippen LogP contribution in [-0.4, -0.2) is 44.0 Å². The van der Waals surface area contributed by atoms with Crippen molar-refractivity contribution in [1.82, 2.24) is 9.29 Å². The second-order valence-electron chi connectivity index (χ2n) is 4.18. The molecule has 1 heterocycles. The molecule has 0 aromatic carbocycles. The Morgan fingerprint density at radius 2 is 2.22 bits per heavy atom. The van der Waals surface area contributed by atoms with Gasteiger partial charge in [0.25, 0.3) is 10.0 Å². The van der Waals surface area contributed by atoms with Gasteiger partial charge in [0.15, 0.2) is 8.68 Å². The molecule has 0 saturated heterocycles. The Balaban J connectivity index is 2.30. The molecule has 1 aromatic heterocycles. The van der Waals surface area contributed by atoms with E-state index in [4.69, 9.17) is 16.3 Å². The predicted octanol–water partition coefficient (Wildman–Crippen LogP) is 1.90. The molecular weight excluding hydrogens is 296 g/mol. The standard InChI is InChI=1S/C10H15ClN2O3S2/c1-7-9(17-10(11)12-7)18(14,15)13(5-6-16-2)8-3-4-8/h8H,3-6H2,1-2H3. The molecule has 0 N–H and O–H groups in total. The van der Waals surface area contributed by atoms with Gasteiger partial charge in [-0.3, -0.25) is 0 Å². The largest absolute Gasteiger partial charge is 0.383 e. The van der Waals surface area contributed by atoms with E-state index in [-0.39, 0.29) is 14.7 Å². The first-order chi connectivity index (χ1) is 8.46. The zero-order valence-electron chi connectivity index (χ0n) is 10.2. The molecule has 8 heteroatoms. The van der Waals surface area contributed by atoms with E-state index in [1.165, 1.54) is 4.31 Å². The van der Waals surface area contributed by atoms with E-state index in [9.17, 15) is 8.42 Å². The molecular formula is C10H15ClN2O3S2. The van der Waals surface area contributed by atoms with Crippen LogP contribution in [0.4, 0.5) is 0 Å². The van der Waals surface area contributed by atoms with Gasteiger partial charge in [-0.25, -0.2) is 13.4 Å². The SMILES string of the molecule is COCCN(C1CC1)S(=O)(=O)c1sc(Cl)nc1C. The molecule has 1 fully saturated rings. The molecule has 18 heavy (non-hydrogen) atoms. The van der Waals surface area contributed by atoms with Gasteiger partial charge < -0.3 is 4.74 Å². The van der Waals surface area contributed by atoms with Crippen LogP contribution in [0.15, 0.2) is 4.21 Å². The maximum Gasteiger partial charge on any atom is 0.254 e. The highest BCUT2D eigenvalue weighted by Gasteiger charge is 2.39. The number of halogens is 1. The fraction of sp³-hybridized carbons (Fsp3) is 0.700. The average Bonchev–Trinajstić information content (AvgIpc) is 3.04. The van der Waals surface area contributed by atoms with Gasteiger partial charge in [-0.1, -0.05) is 22.9 Å². The van der Waals surface area contributed by atoms with Crippen LogP contribution in [0.5, 0.6) is 0 Å². The monoisotopic (exact) mass is 310 g/mol. The van der Waals surface area contributed by atoms with Crippen LogP contribution in [0, 0.1) is 6.92 Å². The number of hydrogen-bond donors (Lipinski definition) is 0. The number of rotatable bonds is 6. The van der Waals surface area contributed by atoms with E-state index in [0.29, 0.717) is 18.8 Å². The minimum Gasteiger partial charge on any atom is -0.383 e. The van der Waals surface area contributed by atoms with Gasteiger partial charge in [0.05, 0.1) is 12.3 Å². The molecule has 1 aromatic rings. The van der Waals surface area contributed by atoms with Gasteiger partial charge in [-0.05, 0) is 19.8 Å². The van der Waals surface area contributed by atoms with Crippen LogP contribution in [0.1, 0.15) is 18.5 Å². The van der Waals surface area contributed by atoms with Crippen LogP contribution in [0.25, 0.3) is 0 Å². The molecule has 0 bridgehead atoms. The van der Waals surface area contributed by atoms with Crippen LogP contribution < -0.4 is 0 Å². The Morgan fingerprint density at radius 3 is 2.67 bits per heavy atom. The number of hydrogen-bond acceptors (Lipinski definition) is 5. The average molecular weight is 311 g/mol. The van der Waals surface area contributed by atoms with Crippen LogP contribution in [0.2, 0.25) is 4.47 Å². The molecule has 0 unspecified atom stereocenters. The number of ether oxygens (including phenoxy) is 1. The van der Waals surface area contributed by atoms with Crippen molar-refractivity contribution in [3.63, 3.8) is 0 Å². The summed E-state index contributed by atoms with van der Waals surface area (Å²) in [5.41, 5.74) is 0.466. The van der Waals surface area contributed by atoms with E-state index in [0.717, 1.165) is 24.2 Å². The molecule has 2 rings (SSSR count). The van der Waals surface area contributed by atoms with Crippen molar-refractivity contribution < 1.29 is 13.2 Å². The molecule has 5 nitrogen and oxygen atoms in total. The molecule has 0 amide bonds. The maximum atomic E-state index is 12.5. The molecule has 1 aliphatic rings. The topological polar surface area (TPSA) is 59.5 Å². The van der Waals surface area contributed by atoms with Crippen molar-refractivity contribution in [3.05, 3.63) is 10.2 Å². The van der Waals surface area contributed by atoms with Crippen molar-refractivity contribution >= 4 is 33.0 Å².